The normalized spacial score (nSPS) is 0. The van der Waals surface area contributed by atoms with E-state index in [4.69, 9.17) is 0 Å². The Kier molecular flexibility index (Phi) is 183. The minimum absolute atomic E-state index is 0. The molecule has 0 N–H and O–H groups in total. The van der Waals surface area contributed by atoms with E-state index in [-0.39, 0.29) is 75.1 Å². The van der Waals surface area contributed by atoms with Crippen LogP contribution in [-0.4, -0.2) is 0 Å². The first-order valence-corrected chi connectivity index (χ1v) is 0. The van der Waals surface area contributed by atoms with Crippen LogP contribution in [0.3, 0.4) is 0 Å². The van der Waals surface area contributed by atoms with Gasteiger partial charge in [-0.3, -0.25) is 0 Å². The summed E-state index contributed by atoms with van der Waals surface area (Å²) in [6.07, 6.45) is 0. The summed E-state index contributed by atoms with van der Waals surface area (Å²) in [5, 5.41) is 0. The van der Waals surface area contributed by atoms with Crippen molar-refractivity contribution in [3.8, 4) is 0 Å². The first-order valence-electron chi connectivity index (χ1n) is 0. The van der Waals surface area contributed by atoms with Crippen LogP contribution >= 0.6 is 0 Å². The standard InChI is InChI=1S/Ag.Ce.2O/q+1;+3;2*-2. The van der Waals surface area contributed by atoms with Gasteiger partial charge in [0.15, 0.2) is 0 Å². The minimum atomic E-state index is 0. The maximum atomic E-state index is 0. The third kappa shape index (κ3) is 8.97. The molecular formula is AgCeO2. The Morgan fingerprint density at radius 1 is 0.750 bits per heavy atom. The van der Waals surface area contributed by atoms with Crippen molar-refractivity contribution in [3.63, 3.8) is 0 Å². The van der Waals surface area contributed by atoms with Crippen LogP contribution in [0.2, 0.25) is 0 Å². The van der Waals surface area contributed by atoms with Crippen LogP contribution < -0.4 is 0 Å². The van der Waals surface area contributed by atoms with E-state index < -0.39 is 0 Å². The monoisotopic (exact) mass is 279 g/mol. The molecule has 2 nitrogen and oxygen atoms in total. The molecule has 0 aromatic rings. The molecule has 0 aromatic carbocycles. The summed E-state index contributed by atoms with van der Waals surface area (Å²) in [5.74, 6) is 0. The summed E-state index contributed by atoms with van der Waals surface area (Å²) in [6.45, 7) is 0. The second kappa shape index (κ2) is 19.8. The van der Waals surface area contributed by atoms with Gasteiger partial charge in [0.2, 0.25) is 0 Å². The molecule has 4 heavy (non-hydrogen) atoms. The zero-order valence-electron chi connectivity index (χ0n) is 1.62. The summed E-state index contributed by atoms with van der Waals surface area (Å²) >= 11 is 0. The zero-order chi connectivity index (χ0) is 0. The summed E-state index contributed by atoms with van der Waals surface area (Å²) in [7, 11) is 0. The van der Waals surface area contributed by atoms with Gasteiger partial charge < -0.3 is 11.0 Å². The summed E-state index contributed by atoms with van der Waals surface area (Å²) in [4.78, 5) is 0. The van der Waals surface area contributed by atoms with Crippen molar-refractivity contribution in [2.24, 2.45) is 0 Å². The Morgan fingerprint density at radius 3 is 0.750 bits per heavy atom. The molecule has 0 aliphatic rings. The van der Waals surface area contributed by atoms with Crippen LogP contribution in [0.1, 0.15) is 0 Å². The zero-order valence-corrected chi connectivity index (χ0v) is 6.24. The number of hydrogen-bond acceptors (Lipinski definition) is 0. The molecule has 27 valence electrons. The van der Waals surface area contributed by atoms with E-state index in [1.165, 1.54) is 0 Å². The van der Waals surface area contributed by atoms with Gasteiger partial charge in [-0.05, 0) is 0 Å². The van der Waals surface area contributed by atoms with E-state index in [0.717, 1.165) is 0 Å². The van der Waals surface area contributed by atoms with Gasteiger partial charge in [-0.1, -0.05) is 0 Å². The molecule has 4 heteroatoms. The van der Waals surface area contributed by atoms with Gasteiger partial charge in [0, 0.05) is 0 Å². The Labute approximate surface area is 73.8 Å². The third-order valence-corrected chi connectivity index (χ3v) is 0. The van der Waals surface area contributed by atoms with Crippen molar-refractivity contribution in [2.75, 3.05) is 0 Å². The predicted octanol–water partition coefficient (Wildman–Crippen LogP) is -0.240. The first-order chi connectivity index (χ1) is 0. The first kappa shape index (κ1) is 36.9. The van der Waals surface area contributed by atoms with Gasteiger partial charge in [-0.15, -0.1) is 0 Å². The summed E-state index contributed by atoms with van der Waals surface area (Å²) in [6, 6.07) is 0. The average molecular weight is 280 g/mol. The SMILES string of the molecule is [Ag+].[Ce+3].[O-2].[O-2]. The molecule has 0 atom stereocenters. The van der Waals surface area contributed by atoms with E-state index >= 15 is 0 Å². The molecule has 0 fully saturated rings. The topological polar surface area (TPSA) is 57.0 Å². The molecule has 0 saturated carbocycles. The van der Waals surface area contributed by atoms with Gasteiger partial charge in [0.1, 0.15) is 0 Å². The van der Waals surface area contributed by atoms with E-state index in [2.05, 4.69) is 0 Å². The molecule has 0 aliphatic heterocycles. The Hall–Kier alpha value is 2.04. The molecule has 0 saturated heterocycles. The minimum Gasteiger partial charge on any atom is -2.00 e. The van der Waals surface area contributed by atoms with E-state index in [1.807, 2.05) is 0 Å². The van der Waals surface area contributed by atoms with Gasteiger partial charge in [0.25, 0.3) is 0 Å². The van der Waals surface area contributed by atoms with Crippen LogP contribution in [0, 0.1) is 41.7 Å². The Morgan fingerprint density at radius 2 is 0.750 bits per heavy atom. The number of hydrogen-bond donors (Lipinski definition) is 0. The van der Waals surface area contributed by atoms with Crippen LogP contribution in [0.5, 0.6) is 0 Å². The molecule has 0 rings (SSSR count). The Balaban J connectivity index is 0. The van der Waals surface area contributed by atoms with Crippen molar-refractivity contribution in [3.05, 3.63) is 0 Å². The van der Waals surface area contributed by atoms with Crippen LogP contribution in [0.15, 0.2) is 0 Å². The molecule has 0 unspecified atom stereocenters. The van der Waals surface area contributed by atoms with Crippen LogP contribution in [-0.2, 0) is 33.3 Å². The van der Waals surface area contributed by atoms with Crippen molar-refractivity contribution in [1.82, 2.24) is 0 Å². The van der Waals surface area contributed by atoms with Crippen molar-refractivity contribution in [2.45, 2.75) is 0 Å². The maximum absolute atomic E-state index is 0. The predicted molar refractivity (Wildman–Crippen MR) is 1.37 cm³/mol. The molecule has 0 aromatic heterocycles. The fourth-order valence-electron chi connectivity index (χ4n) is 0. The summed E-state index contributed by atoms with van der Waals surface area (Å²) < 4.78 is 0. The molecule has 0 aliphatic carbocycles. The molecule has 0 bridgehead atoms. The number of rotatable bonds is 0. The van der Waals surface area contributed by atoms with Gasteiger partial charge in [0.05, 0.1) is 0 Å². The van der Waals surface area contributed by atoms with Gasteiger partial charge >= 0.3 is 64.1 Å². The smallest absolute Gasteiger partial charge is 2.00 e. The molecule has 0 spiro atoms. The third-order valence-electron chi connectivity index (χ3n) is 0. The summed E-state index contributed by atoms with van der Waals surface area (Å²) in [5.41, 5.74) is 0. The van der Waals surface area contributed by atoms with E-state index in [9.17, 15) is 0 Å². The van der Waals surface area contributed by atoms with Crippen molar-refractivity contribution >= 4 is 0 Å². The Bertz CT molecular complexity index is 6.00. The van der Waals surface area contributed by atoms with Gasteiger partial charge in [-0.25, -0.2) is 0 Å². The van der Waals surface area contributed by atoms with Crippen molar-refractivity contribution < 1.29 is 75.1 Å². The van der Waals surface area contributed by atoms with Crippen molar-refractivity contribution in [1.29, 1.82) is 0 Å². The fourth-order valence-corrected chi connectivity index (χ4v) is 0. The van der Waals surface area contributed by atoms with E-state index in [1.54, 1.807) is 0 Å². The largest absolute Gasteiger partial charge is 3.00 e. The molecule has 1 radical (unpaired) electrons. The molecular weight excluding hydrogens is 280 g/mol. The fraction of sp³-hybridized carbons (Fsp3) is 0. The quantitative estimate of drug-likeness (QED) is 0.550. The second-order valence-electron chi connectivity index (χ2n) is 0. The average Bonchev–Trinajstić information content (AvgIpc) is 0. The van der Waals surface area contributed by atoms with Gasteiger partial charge in [-0.2, -0.15) is 0 Å². The molecule has 0 amide bonds. The van der Waals surface area contributed by atoms with E-state index in [0.29, 0.717) is 0 Å². The maximum Gasteiger partial charge on any atom is 3.00 e. The van der Waals surface area contributed by atoms with Crippen LogP contribution in [0.25, 0.3) is 0 Å². The van der Waals surface area contributed by atoms with Crippen LogP contribution in [0.4, 0.5) is 0 Å². The molecule has 0 heterocycles. The second-order valence-corrected chi connectivity index (χ2v) is 0.